The van der Waals surface area contributed by atoms with E-state index in [4.69, 9.17) is 17.5 Å². The van der Waals surface area contributed by atoms with Crippen molar-refractivity contribution in [3.05, 3.63) is 80.2 Å². The molecule has 6 nitrogen and oxygen atoms in total. The highest BCUT2D eigenvalue weighted by molar-refractivity contribution is 7.71. The van der Waals surface area contributed by atoms with Gasteiger partial charge in [-0.2, -0.15) is 5.26 Å². The maximum Gasteiger partial charge on any atom is 0.256 e. The minimum atomic E-state index is -0.106. The predicted molar refractivity (Wildman–Crippen MR) is 101 cm³/mol. The first-order valence-corrected chi connectivity index (χ1v) is 8.78. The number of hydrogen-bond donors (Lipinski definition) is 2. The lowest BCUT2D eigenvalue weighted by atomic mass is 10.1. The van der Waals surface area contributed by atoms with E-state index in [1.807, 2.05) is 30.5 Å². The maximum absolute atomic E-state index is 12.2. The number of aromatic nitrogens is 3. The monoisotopic (exact) mass is 363 g/mol. The summed E-state index contributed by atoms with van der Waals surface area (Å²) in [6, 6.07) is 13.8. The Morgan fingerprint density at radius 2 is 2.12 bits per heavy atom. The molecule has 130 valence electrons. The quantitative estimate of drug-likeness (QED) is 0.701. The van der Waals surface area contributed by atoms with Crippen LogP contribution >= 0.6 is 12.2 Å². The summed E-state index contributed by atoms with van der Waals surface area (Å²) in [4.78, 5) is 20.2. The second kappa shape index (κ2) is 6.75. The van der Waals surface area contributed by atoms with Crippen LogP contribution in [0.25, 0.3) is 5.69 Å². The molecule has 1 aliphatic heterocycles. The van der Waals surface area contributed by atoms with Crippen molar-refractivity contribution in [2.45, 2.75) is 19.5 Å². The molecule has 0 unspecified atom stereocenters. The number of nitrogens with zero attached hydrogens (tertiary/aromatic N) is 3. The van der Waals surface area contributed by atoms with Crippen molar-refractivity contribution in [3.8, 4) is 11.8 Å². The highest BCUT2D eigenvalue weighted by atomic mass is 32.1. The van der Waals surface area contributed by atoms with Crippen LogP contribution in [0.15, 0.2) is 47.4 Å². The van der Waals surface area contributed by atoms with Crippen molar-refractivity contribution in [2.75, 3.05) is 6.54 Å². The lowest BCUT2D eigenvalue weighted by Gasteiger charge is -2.28. The van der Waals surface area contributed by atoms with E-state index in [-0.39, 0.29) is 5.56 Å². The number of benzene rings is 1. The summed E-state index contributed by atoms with van der Waals surface area (Å²) >= 11 is 5.05. The molecule has 7 heteroatoms. The maximum atomic E-state index is 12.2. The zero-order valence-corrected chi connectivity index (χ0v) is 14.8. The highest BCUT2D eigenvalue weighted by Gasteiger charge is 2.20. The van der Waals surface area contributed by atoms with Crippen LogP contribution in [0.1, 0.15) is 22.5 Å². The van der Waals surface area contributed by atoms with E-state index in [1.165, 1.54) is 0 Å². The SMILES string of the molecule is N#Cc1cccc(-n2cccc2CN2CCc3[nH]c(=S)[nH]c(=O)c3C2)c1. The summed E-state index contributed by atoms with van der Waals surface area (Å²) < 4.78 is 2.47. The minimum Gasteiger partial charge on any atom is -0.335 e. The van der Waals surface area contributed by atoms with Crippen LogP contribution in [0, 0.1) is 16.1 Å². The van der Waals surface area contributed by atoms with Crippen LogP contribution in [0.4, 0.5) is 0 Å². The standard InChI is InChI=1S/C19H17N5OS/c20-10-13-3-1-4-14(9-13)24-7-2-5-15(24)11-23-8-6-17-16(12-23)18(25)22-19(26)21-17/h1-5,7,9H,6,8,11-12H2,(H2,21,22,25,26). The molecule has 2 aromatic heterocycles. The van der Waals surface area contributed by atoms with E-state index in [0.717, 1.165) is 42.1 Å². The molecule has 2 N–H and O–H groups in total. The molecule has 0 saturated heterocycles. The lowest BCUT2D eigenvalue weighted by Crippen LogP contribution is -2.35. The number of aromatic amines is 2. The Balaban J connectivity index is 1.60. The molecular formula is C19H17N5OS. The summed E-state index contributed by atoms with van der Waals surface area (Å²) in [7, 11) is 0. The van der Waals surface area contributed by atoms with Crippen molar-refractivity contribution in [2.24, 2.45) is 0 Å². The average Bonchev–Trinajstić information content (AvgIpc) is 3.10. The molecule has 26 heavy (non-hydrogen) atoms. The Hall–Kier alpha value is -2.95. The topological polar surface area (TPSA) is 80.6 Å². The van der Waals surface area contributed by atoms with Gasteiger partial charge in [0.05, 0.1) is 17.2 Å². The Labute approximate surface area is 155 Å². The van der Waals surface area contributed by atoms with E-state index < -0.39 is 0 Å². The average molecular weight is 363 g/mol. The third-order valence-corrected chi connectivity index (χ3v) is 4.87. The van der Waals surface area contributed by atoms with Gasteiger partial charge in [0.25, 0.3) is 5.56 Å². The number of H-pyrrole nitrogens is 2. The molecule has 0 atom stereocenters. The van der Waals surface area contributed by atoms with Gasteiger partial charge >= 0.3 is 0 Å². The van der Waals surface area contributed by atoms with Crippen LogP contribution in [0.2, 0.25) is 0 Å². The van der Waals surface area contributed by atoms with Crippen molar-refractivity contribution in [1.82, 2.24) is 19.4 Å². The Morgan fingerprint density at radius 3 is 2.96 bits per heavy atom. The fourth-order valence-corrected chi connectivity index (χ4v) is 3.61. The smallest absolute Gasteiger partial charge is 0.256 e. The van der Waals surface area contributed by atoms with Crippen LogP contribution in [0.3, 0.4) is 0 Å². The first-order valence-electron chi connectivity index (χ1n) is 8.37. The first-order chi connectivity index (χ1) is 12.6. The third-order valence-electron chi connectivity index (χ3n) is 4.66. The predicted octanol–water partition coefficient (Wildman–Crippen LogP) is 2.65. The molecule has 1 aromatic carbocycles. The second-order valence-corrected chi connectivity index (χ2v) is 6.77. The van der Waals surface area contributed by atoms with Gasteiger partial charge in [0.1, 0.15) is 0 Å². The van der Waals surface area contributed by atoms with Gasteiger partial charge in [0.2, 0.25) is 0 Å². The zero-order valence-electron chi connectivity index (χ0n) is 14.0. The molecule has 0 aliphatic carbocycles. The summed E-state index contributed by atoms with van der Waals surface area (Å²) in [6.07, 6.45) is 2.77. The van der Waals surface area contributed by atoms with Crippen LogP contribution in [-0.2, 0) is 19.5 Å². The van der Waals surface area contributed by atoms with Gasteiger partial charge in [-0.15, -0.1) is 0 Å². The summed E-state index contributed by atoms with van der Waals surface area (Å²) in [5, 5.41) is 9.12. The summed E-state index contributed by atoms with van der Waals surface area (Å²) in [6.45, 7) is 2.16. The normalized spacial score (nSPS) is 14.0. The third kappa shape index (κ3) is 3.12. The van der Waals surface area contributed by atoms with Gasteiger partial charge in [0.15, 0.2) is 4.77 Å². The number of nitrogens with one attached hydrogen (secondary N) is 2. The first kappa shape index (κ1) is 16.5. The molecule has 1 aliphatic rings. The van der Waals surface area contributed by atoms with Gasteiger partial charge in [0, 0.05) is 49.3 Å². The zero-order chi connectivity index (χ0) is 18.1. The number of rotatable bonds is 3. The van der Waals surface area contributed by atoms with Gasteiger partial charge < -0.3 is 9.55 Å². The molecule has 0 saturated carbocycles. The Kier molecular flexibility index (Phi) is 4.29. The molecule has 0 spiro atoms. The van der Waals surface area contributed by atoms with E-state index in [1.54, 1.807) is 6.07 Å². The van der Waals surface area contributed by atoms with Crippen molar-refractivity contribution in [1.29, 1.82) is 5.26 Å². The van der Waals surface area contributed by atoms with E-state index in [9.17, 15) is 4.79 Å². The fraction of sp³-hybridized carbons (Fsp3) is 0.211. The van der Waals surface area contributed by atoms with E-state index in [0.29, 0.717) is 16.9 Å². The van der Waals surface area contributed by atoms with E-state index in [2.05, 4.69) is 31.6 Å². The summed E-state index contributed by atoms with van der Waals surface area (Å²) in [5.41, 5.74) is 4.30. The number of nitriles is 1. The van der Waals surface area contributed by atoms with Crippen LogP contribution in [0.5, 0.6) is 0 Å². The minimum absolute atomic E-state index is 0.106. The van der Waals surface area contributed by atoms with Gasteiger partial charge in [-0.3, -0.25) is 14.7 Å². The van der Waals surface area contributed by atoms with Crippen LogP contribution in [-0.4, -0.2) is 26.0 Å². The Bertz CT molecular complexity index is 1120. The Morgan fingerprint density at radius 1 is 1.23 bits per heavy atom. The molecule has 0 amide bonds. The summed E-state index contributed by atoms with van der Waals surface area (Å²) in [5.74, 6) is 0. The largest absolute Gasteiger partial charge is 0.335 e. The van der Waals surface area contributed by atoms with Gasteiger partial charge in [-0.25, -0.2) is 0 Å². The van der Waals surface area contributed by atoms with E-state index >= 15 is 0 Å². The molecule has 0 fully saturated rings. The molecular weight excluding hydrogens is 346 g/mol. The number of fused-ring (bicyclic) bond motifs is 1. The second-order valence-electron chi connectivity index (χ2n) is 6.36. The highest BCUT2D eigenvalue weighted by Crippen LogP contribution is 2.19. The molecule has 3 aromatic rings. The van der Waals surface area contributed by atoms with Crippen molar-refractivity contribution >= 4 is 12.2 Å². The lowest BCUT2D eigenvalue weighted by molar-refractivity contribution is 0.237. The molecule has 0 bridgehead atoms. The molecule has 3 heterocycles. The molecule has 0 radical (unpaired) electrons. The fourth-order valence-electron chi connectivity index (χ4n) is 3.40. The van der Waals surface area contributed by atoms with Crippen molar-refractivity contribution in [3.63, 3.8) is 0 Å². The van der Waals surface area contributed by atoms with Crippen molar-refractivity contribution < 1.29 is 0 Å². The molecule has 4 rings (SSSR count). The van der Waals surface area contributed by atoms with Gasteiger partial charge in [-0.1, -0.05) is 6.07 Å². The van der Waals surface area contributed by atoms with Crippen LogP contribution < -0.4 is 5.56 Å². The number of hydrogen-bond acceptors (Lipinski definition) is 4. The van der Waals surface area contributed by atoms with Gasteiger partial charge in [-0.05, 0) is 42.5 Å².